The Labute approximate surface area is 112 Å². The first-order valence-corrected chi connectivity index (χ1v) is 7.48. The van der Waals surface area contributed by atoms with E-state index in [4.69, 9.17) is 5.73 Å². The highest BCUT2D eigenvalue weighted by atomic mass is 32.2. The van der Waals surface area contributed by atoms with Gasteiger partial charge in [-0.05, 0) is 20.8 Å². The third-order valence-electron chi connectivity index (χ3n) is 2.35. The lowest BCUT2D eigenvalue weighted by Crippen LogP contribution is -2.51. The number of nitrogens with one attached hydrogen (secondary N) is 3. The first-order valence-electron chi connectivity index (χ1n) is 5.59. The molecule has 8 nitrogen and oxygen atoms in total. The molecule has 0 aliphatic rings. The molecule has 5 N–H and O–H groups in total. The monoisotopic (exact) mass is 289 g/mol. The van der Waals surface area contributed by atoms with Gasteiger partial charge >= 0.3 is 0 Å². The molecule has 0 saturated heterocycles. The van der Waals surface area contributed by atoms with Crippen LogP contribution in [0.3, 0.4) is 0 Å². The Morgan fingerprint density at radius 3 is 2.47 bits per heavy atom. The molecule has 0 atom stereocenters. The Bertz CT molecular complexity index is 556. The first kappa shape index (κ1) is 15.4. The summed E-state index contributed by atoms with van der Waals surface area (Å²) in [5.74, 6) is -0.281. The molecule has 0 spiro atoms. The van der Waals surface area contributed by atoms with Crippen molar-refractivity contribution in [3.8, 4) is 0 Å². The van der Waals surface area contributed by atoms with Crippen LogP contribution in [0.2, 0.25) is 0 Å². The van der Waals surface area contributed by atoms with Crippen molar-refractivity contribution >= 4 is 21.7 Å². The number of hydrogen-bond donors (Lipinski definition) is 4. The second-order valence-electron chi connectivity index (χ2n) is 5.05. The maximum atomic E-state index is 11.9. The van der Waals surface area contributed by atoms with E-state index in [0.29, 0.717) is 5.69 Å². The molecule has 0 bridgehead atoms. The smallest absolute Gasteiger partial charge is 0.256 e. The van der Waals surface area contributed by atoms with E-state index in [-0.39, 0.29) is 17.9 Å². The number of nitrogen functional groups attached to an aromatic ring is 1. The van der Waals surface area contributed by atoms with Gasteiger partial charge in [-0.15, -0.1) is 0 Å². The second kappa shape index (κ2) is 5.17. The summed E-state index contributed by atoms with van der Waals surface area (Å²) in [6.45, 7) is 5.14. The average molecular weight is 289 g/mol. The molecule has 1 heterocycles. The number of rotatable bonds is 5. The summed E-state index contributed by atoms with van der Waals surface area (Å²) in [5.41, 5.74) is 5.61. The van der Waals surface area contributed by atoms with Gasteiger partial charge in [0.2, 0.25) is 10.0 Å². The number of aryl methyl sites for hydroxylation is 1. The zero-order valence-corrected chi connectivity index (χ0v) is 12.2. The Hall–Kier alpha value is -1.61. The van der Waals surface area contributed by atoms with E-state index in [1.54, 1.807) is 20.8 Å². The lowest BCUT2D eigenvalue weighted by Gasteiger charge is -2.25. The van der Waals surface area contributed by atoms with Crippen LogP contribution in [-0.4, -0.2) is 42.9 Å². The maximum absolute atomic E-state index is 11.9. The highest BCUT2D eigenvalue weighted by molar-refractivity contribution is 7.88. The molecule has 0 radical (unpaired) electrons. The molecular formula is C10H19N5O3S. The maximum Gasteiger partial charge on any atom is 0.256 e. The van der Waals surface area contributed by atoms with Gasteiger partial charge in [0.1, 0.15) is 5.56 Å². The molecule has 9 heteroatoms. The quantitative estimate of drug-likeness (QED) is 0.572. The van der Waals surface area contributed by atoms with Crippen LogP contribution in [0.15, 0.2) is 0 Å². The molecule has 0 aromatic carbocycles. The van der Waals surface area contributed by atoms with E-state index in [1.165, 1.54) is 0 Å². The van der Waals surface area contributed by atoms with E-state index in [0.717, 1.165) is 6.26 Å². The van der Waals surface area contributed by atoms with Crippen LogP contribution >= 0.6 is 0 Å². The number of hydrogen-bond acceptors (Lipinski definition) is 5. The lowest BCUT2D eigenvalue weighted by atomic mass is 10.1. The third kappa shape index (κ3) is 4.52. The number of nitrogens with two attached hydrogens (primary N) is 1. The van der Waals surface area contributed by atoms with Gasteiger partial charge < -0.3 is 11.1 Å². The van der Waals surface area contributed by atoms with Gasteiger partial charge in [-0.2, -0.15) is 5.10 Å². The second-order valence-corrected chi connectivity index (χ2v) is 6.80. The van der Waals surface area contributed by atoms with Crippen LogP contribution in [0.25, 0.3) is 0 Å². The van der Waals surface area contributed by atoms with Crippen molar-refractivity contribution in [1.82, 2.24) is 20.2 Å². The van der Waals surface area contributed by atoms with Crippen molar-refractivity contribution in [2.24, 2.45) is 0 Å². The van der Waals surface area contributed by atoms with Crippen LogP contribution < -0.4 is 15.8 Å². The van der Waals surface area contributed by atoms with Gasteiger partial charge in [-0.3, -0.25) is 9.89 Å². The molecule has 1 amide bonds. The molecule has 1 aromatic heterocycles. The summed E-state index contributed by atoms with van der Waals surface area (Å²) < 4.78 is 24.8. The van der Waals surface area contributed by atoms with Gasteiger partial charge in [-0.25, -0.2) is 13.1 Å². The Kier molecular flexibility index (Phi) is 4.21. The summed E-state index contributed by atoms with van der Waals surface area (Å²) in [5, 5.41) is 8.95. The summed E-state index contributed by atoms with van der Waals surface area (Å²) in [7, 11) is -3.34. The molecule has 108 valence electrons. The highest BCUT2D eigenvalue weighted by Crippen LogP contribution is 2.12. The van der Waals surface area contributed by atoms with Crippen molar-refractivity contribution in [3.05, 3.63) is 11.3 Å². The molecule has 0 saturated carbocycles. The minimum atomic E-state index is -3.34. The molecular weight excluding hydrogens is 270 g/mol. The Balaban J connectivity index is 2.70. The van der Waals surface area contributed by atoms with Gasteiger partial charge in [0.15, 0.2) is 5.82 Å². The molecule has 0 unspecified atom stereocenters. The SMILES string of the molecule is Cc1[nH]nc(N)c1C(=O)NCC(C)(C)NS(C)(=O)=O. The van der Waals surface area contributed by atoms with Gasteiger partial charge in [-0.1, -0.05) is 0 Å². The van der Waals surface area contributed by atoms with E-state index >= 15 is 0 Å². The predicted octanol–water partition coefficient (Wildman–Crippen LogP) is -0.642. The summed E-state index contributed by atoms with van der Waals surface area (Å²) >= 11 is 0. The standard InChI is InChI=1S/C10H19N5O3S/c1-6-7(8(11)14-13-6)9(16)12-5-10(2,3)15-19(4,17)18/h15H,5H2,1-4H3,(H,12,16)(H3,11,13,14). The highest BCUT2D eigenvalue weighted by Gasteiger charge is 2.24. The van der Waals surface area contributed by atoms with Crippen LogP contribution in [0.1, 0.15) is 29.9 Å². The molecule has 0 aliphatic carbocycles. The summed E-state index contributed by atoms with van der Waals surface area (Å²) in [6.07, 6.45) is 1.06. The number of anilines is 1. The fraction of sp³-hybridized carbons (Fsp3) is 0.600. The normalized spacial score (nSPS) is 12.4. The van der Waals surface area contributed by atoms with Gasteiger partial charge in [0.05, 0.1) is 6.26 Å². The first-order chi connectivity index (χ1) is 8.52. The molecule has 19 heavy (non-hydrogen) atoms. The minimum absolute atomic E-state index is 0.115. The van der Waals surface area contributed by atoms with Crippen molar-refractivity contribution in [1.29, 1.82) is 0 Å². The number of nitrogens with zero attached hydrogens (tertiary/aromatic N) is 1. The number of sulfonamides is 1. The number of amides is 1. The lowest BCUT2D eigenvalue weighted by molar-refractivity contribution is 0.0945. The van der Waals surface area contributed by atoms with Crippen LogP contribution in [-0.2, 0) is 10.0 Å². The Morgan fingerprint density at radius 2 is 2.05 bits per heavy atom. The average Bonchev–Trinajstić information content (AvgIpc) is 2.52. The van der Waals surface area contributed by atoms with Gasteiger partial charge in [0, 0.05) is 17.8 Å². The van der Waals surface area contributed by atoms with E-state index in [9.17, 15) is 13.2 Å². The fourth-order valence-electron chi connectivity index (χ4n) is 1.66. The van der Waals surface area contributed by atoms with Gasteiger partial charge in [0.25, 0.3) is 5.91 Å². The van der Waals surface area contributed by atoms with Crippen molar-refractivity contribution in [2.45, 2.75) is 26.3 Å². The third-order valence-corrected chi connectivity index (χ3v) is 3.28. The van der Waals surface area contributed by atoms with E-state index in [1.807, 2.05) is 0 Å². The van der Waals surface area contributed by atoms with Crippen LogP contribution in [0, 0.1) is 6.92 Å². The summed E-state index contributed by atoms with van der Waals surface area (Å²) in [6, 6.07) is 0. The number of carbonyl (C=O) groups is 1. The minimum Gasteiger partial charge on any atom is -0.382 e. The topological polar surface area (TPSA) is 130 Å². The number of carbonyl (C=O) groups excluding carboxylic acids is 1. The zero-order chi connectivity index (χ0) is 14.8. The Morgan fingerprint density at radius 1 is 1.47 bits per heavy atom. The van der Waals surface area contributed by atoms with E-state index < -0.39 is 21.5 Å². The fourth-order valence-corrected chi connectivity index (χ4v) is 2.74. The predicted molar refractivity (Wildman–Crippen MR) is 72.1 cm³/mol. The summed E-state index contributed by atoms with van der Waals surface area (Å²) in [4.78, 5) is 11.9. The van der Waals surface area contributed by atoms with Crippen molar-refractivity contribution in [3.63, 3.8) is 0 Å². The number of aromatic amines is 1. The largest absolute Gasteiger partial charge is 0.382 e. The van der Waals surface area contributed by atoms with E-state index in [2.05, 4.69) is 20.2 Å². The zero-order valence-electron chi connectivity index (χ0n) is 11.4. The molecule has 0 fully saturated rings. The molecule has 0 aliphatic heterocycles. The molecule has 1 rings (SSSR count). The van der Waals surface area contributed by atoms with Crippen molar-refractivity contribution in [2.75, 3.05) is 18.5 Å². The number of aromatic nitrogens is 2. The number of H-pyrrole nitrogens is 1. The van der Waals surface area contributed by atoms with Crippen LogP contribution in [0.4, 0.5) is 5.82 Å². The van der Waals surface area contributed by atoms with Crippen molar-refractivity contribution < 1.29 is 13.2 Å². The van der Waals surface area contributed by atoms with Crippen LogP contribution in [0.5, 0.6) is 0 Å². The molecule has 1 aromatic rings.